The van der Waals surface area contributed by atoms with Gasteiger partial charge in [-0.15, -0.1) is 5.10 Å². The van der Waals surface area contributed by atoms with Crippen molar-refractivity contribution in [1.29, 1.82) is 0 Å². The zero-order valence-corrected chi connectivity index (χ0v) is 19.9. The van der Waals surface area contributed by atoms with Gasteiger partial charge in [-0.3, -0.25) is 4.90 Å². The molecule has 1 atom stereocenters. The molecule has 0 aliphatic heterocycles. The van der Waals surface area contributed by atoms with Gasteiger partial charge in [0.15, 0.2) is 0 Å². The first-order chi connectivity index (χ1) is 16.0. The lowest BCUT2D eigenvalue weighted by Crippen LogP contribution is -2.31. The number of hydrogen-bond acceptors (Lipinski definition) is 3. The maximum atomic E-state index is 4.67. The summed E-state index contributed by atoms with van der Waals surface area (Å²) in [5.74, 6) is 0. The van der Waals surface area contributed by atoms with E-state index in [9.17, 15) is 0 Å². The lowest BCUT2D eigenvalue weighted by Gasteiger charge is -2.35. The molecule has 0 saturated carbocycles. The van der Waals surface area contributed by atoms with Crippen LogP contribution in [0.5, 0.6) is 0 Å². The molecular formula is C29H34N4. The van der Waals surface area contributed by atoms with Gasteiger partial charge in [-0.25, -0.2) is 4.68 Å². The Kier molecular flexibility index (Phi) is 7.36. The molecule has 3 aromatic carbocycles. The van der Waals surface area contributed by atoms with Crippen molar-refractivity contribution in [1.82, 2.24) is 19.9 Å². The van der Waals surface area contributed by atoms with Crippen molar-refractivity contribution in [2.45, 2.75) is 52.9 Å². The Bertz CT molecular complexity index is 1060. The highest BCUT2D eigenvalue weighted by molar-refractivity contribution is 5.19. The third-order valence-corrected chi connectivity index (χ3v) is 5.79. The van der Waals surface area contributed by atoms with Crippen molar-refractivity contribution < 1.29 is 0 Å². The molecule has 0 aliphatic rings. The van der Waals surface area contributed by atoms with Gasteiger partial charge < -0.3 is 0 Å². The summed E-state index contributed by atoms with van der Waals surface area (Å²) in [6, 6.07) is 32.0. The van der Waals surface area contributed by atoms with Gasteiger partial charge in [-0.1, -0.05) is 117 Å². The fraction of sp³-hybridized carbons (Fsp3) is 0.310. The van der Waals surface area contributed by atoms with Gasteiger partial charge in [0.2, 0.25) is 0 Å². The monoisotopic (exact) mass is 438 g/mol. The molecule has 170 valence electrons. The number of nitrogens with zero attached hydrogens (tertiary/aromatic N) is 4. The summed E-state index contributed by atoms with van der Waals surface area (Å²) in [6.45, 7) is 9.37. The van der Waals surface area contributed by atoms with Crippen molar-refractivity contribution in [3.8, 4) is 0 Å². The molecule has 0 aliphatic carbocycles. The molecule has 1 heterocycles. The quantitative estimate of drug-likeness (QED) is 0.299. The average molecular weight is 439 g/mol. The minimum atomic E-state index is 0.152. The summed E-state index contributed by atoms with van der Waals surface area (Å²) in [7, 11) is 0. The highest BCUT2D eigenvalue weighted by atomic mass is 15.4. The Morgan fingerprint density at radius 1 is 0.727 bits per heavy atom. The Balaban J connectivity index is 1.65. The number of rotatable bonds is 9. The lowest BCUT2D eigenvalue weighted by molar-refractivity contribution is 0.129. The van der Waals surface area contributed by atoms with Crippen LogP contribution in [0.1, 0.15) is 55.6 Å². The van der Waals surface area contributed by atoms with Crippen LogP contribution in [0.15, 0.2) is 97.2 Å². The van der Waals surface area contributed by atoms with Gasteiger partial charge in [0, 0.05) is 13.1 Å². The first-order valence-electron chi connectivity index (χ1n) is 11.7. The Morgan fingerprint density at radius 2 is 1.21 bits per heavy atom. The molecule has 4 aromatic rings. The van der Waals surface area contributed by atoms with Gasteiger partial charge in [0.1, 0.15) is 0 Å². The minimum Gasteiger partial charge on any atom is -0.286 e. The van der Waals surface area contributed by atoms with Crippen LogP contribution in [0, 0.1) is 5.41 Å². The highest BCUT2D eigenvalue weighted by Crippen LogP contribution is 2.35. The SMILES string of the molecule is CC(C)(C)C[C@@H](c1cn(Cc2ccccc2)nn1)N(Cc1ccccc1)Cc1ccccc1. The summed E-state index contributed by atoms with van der Waals surface area (Å²) in [6.07, 6.45) is 3.13. The minimum absolute atomic E-state index is 0.152. The normalized spacial score (nSPS) is 12.7. The number of aromatic nitrogens is 3. The predicted molar refractivity (Wildman–Crippen MR) is 135 cm³/mol. The summed E-state index contributed by atoms with van der Waals surface area (Å²) in [5, 5.41) is 9.17. The van der Waals surface area contributed by atoms with Crippen LogP contribution in [0.4, 0.5) is 0 Å². The summed E-state index contributed by atoms with van der Waals surface area (Å²) in [4.78, 5) is 2.55. The van der Waals surface area contributed by atoms with Crippen LogP contribution in [0.2, 0.25) is 0 Å². The molecule has 0 spiro atoms. The maximum Gasteiger partial charge on any atom is 0.0999 e. The Labute approximate surface area is 197 Å². The number of benzene rings is 3. The van der Waals surface area contributed by atoms with Crippen molar-refractivity contribution in [2.75, 3.05) is 0 Å². The van der Waals surface area contributed by atoms with E-state index < -0.39 is 0 Å². The van der Waals surface area contributed by atoms with E-state index in [0.29, 0.717) is 0 Å². The van der Waals surface area contributed by atoms with E-state index in [2.05, 4.69) is 127 Å². The largest absolute Gasteiger partial charge is 0.286 e. The Morgan fingerprint density at radius 3 is 1.70 bits per heavy atom. The summed E-state index contributed by atoms with van der Waals surface area (Å²) in [5.41, 5.74) is 5.03. The first-order valence-corrected chi connectivity index (χ1v) is 11.7. The Hall–Kier alpha value is -3.24. The first kappa shape index (κ1) is 22.9. The van der Waals surface area contributed by atoms with Crippen LogP contribution in [-0.4, -0.2) is 19.9 Å². The van der Waals surface area contributed by atoms with E-state index in [4.69, 9.17) is 0 Å². The third kappa shape index (κ3) is 6.87. The second-order valence-electron chi connectivity index (χ2n) is 9.98. The van der Waals surface area contributed by atoms with Gasteiger partial charge in [-0.2, -0.15) is 0 Å². The molecule has 4 heteroatoms. The molecule has 0 fully saturated rings. The lowest BCUT2D eigenvalue weighted by atomic mass is 9.86. The van der Waals surface area contributed by atoms with Gasteiger partial charge in [0.05, 0.1) is 24.5 Å². The number of hydrogen-bond donors (Lipinski definition) is 0. The molecule has 0 amide bonds. The van der Waals surface area contributed by atoms with Crippen LogP contribution in [0.3, 0.4) is 0 Å². The van der Waals surface area contributed by atoms with Crippen molar-refractivity contribution >= 4 is 0 Å². The molecule has 1 aromatic heterocycles. The molecule has 0 bridgehead atoms. The molecule has 0 saturated heterocycles. The topological polar surface area (TPSA) is 34.0 Å². The molecule has 4 nitrogen and oxygen atoms in total. The second-order valence-corrected chi connectivity index (χ2v) is 9.98. The van der Waals surface area contributed by atoms with Crippen LogP contribution < -0.4 is 0 Å². The third-order valence-electron chi connectivity index (χ3n) is 5.79. The maximum absolute atomic E-state index is 4.67. The predicted octanol–water partition coefficient (Wildman–Crippen LogP) is 6.51. The molecule has 0 N–H and O–H groups in total. The standard InChI is InChI=1S/C29H34N4/c1-29(2,3)19-28(27-23-33(31-30-27)22-26-17-11-6-12-18-26)32(20-24-13-7-4-8-14-24)21-25-15-9-5-10-16-25/h4-18,23,28H,19-22H2,1-3H3/t28-/m0/s1. The van der Waals surface area contributed by atoms with E-state index in [0.717, 1.165) is 31.7 Å². The molecule has 4 rings (SSSR count). The summed E-state index contributed by atoms with van der Waals surface area (Å²) < 4.78 is 1.96. The zero-order valence-electron chi connectivity index (χ0n) is 19.9. The molecule has 0 unspecified atom stereocenters. The van der Waals surface area contributed by atoms with Crippen LogP contribution in [0.25, 0.3) is 0 Å². The van der Waals surface area contributed by atoms with E-state index in [-0.39, 0.29) is 11.5 Å². The average Bonchev–Trinajstić information content (AvgIpc) is 3.27. The fourth-order valence-electron chi connectivity index (χ4n) is 4.23. The van der Waals surface area contributed by atoms with Gasteiger partial charge >= 0.3 is 0 Å². The molecular weight excluding hydrogens is 404 g/mol. The molecule has 0 radical (unpaired) electrons. The van der Waals surface area contributed by atoms with E-state index in [1.54, 1.807) is 0 Å². The van der Waals surface area contributed by atoms with Crippen molar-refractivity contribution in [3.63, 3.8) is 0 Å². The molecule has 33 heavy (non-hydrogen) atoms. The van der Waals surface area contributed by atoms with E-state index in [1.807, 2.05) is 10.7 Å². The smallest absolute Gasteiger partial charge is 0.0999 e. The van der Waals surface area contributed by atoms with E-state index >= 15 is 0 Å². The van der Waals surface area contributed by atoms with Crippen molar-refractivity contribution in [3.05, 3.63) is 120 Å². The van der Waals surface area contributed by atoms with E-state index in [1.165, 1.54) is 16.7 Å². The van der Waals surface area contributed by atoms with Crippen molar-refractivity contribution in [2.24, 2.45) is 5.41 Å². The highest BCUT2D eigenvalue weighted by Gasteiger charge is 2.28. The van der Waals surface area contributed by atoms with Crippen LogP contribution >= 0.6 is 0 Å². The van der Waals surface area contributed by atoms with Gasteiger partial charge in [-0.05, 0) is 28.5 Å². The second kappa shape index (κ2) is 10.6. The zero-order chi connectivity index (χ0) is 23.1. The van der Waals surface area contributed by atoms with Crippen LogP contribution in [-0.2, 0) is 19.6 Å². The summed E-state index contributed by atoms with van der Waals surface area (Å²) >= 11 is 0. The van der Waals surface area contributed by atoms with Gasteiger partial charge in [0.25, 0.3) is 0 Å². The fourth-order valence-corrected chi connectivity index (χ4v) is 4.23.